The van der Waals surface area contributed by atoms with Gasteiger partial charge in [0.05, 0.1) is 5.69 Å². The fraction of sp³-hybridized carbons (Fsp3) is 0.364. The van der Waals surface area contributed by atoms with Crippen LogP contribution in [0.5, 0.6) is 0 Å². The molecular weight excluding hydrogens is 388 g/mol. The lowest BCUT2D eigenvalue weighted by Crippen LogP contribution is -2.60. The Balaban J connectivity index is 2.25. The van der Waals surface area contributed by atoms with E-state index in [0.717, 1.165) is 4.90 Å². The molecule has 1 aliphatic rings. The van der Waals surface area contributed by atoms with E-state index in [0.29, 0.717) is 11.3 Å². The molecule has 0 aromatic heterocycles. The van der Waals surface area contributed by atoms with Crippen LogP contribution in [-0.4, -0.2) is 41.8 Å². The smallest absolute Gasteiger partial charge is 0.417 e. The van der Waals surface area contributed by atoms with Gasteiger partial charge in [0, 0.05) is 17.6 Å². The average Bonchev–Trinajstić information content (AvgIpc) is 2.95. The minimum Gasteiger partial charge on any atom is -0.443 e. The van der Waals surface area contributed by atoms with Crippen LogP contribution in [0.2, 0.25) is 0 Å². The maximum absolute atomic E-state index is 13.6. The van der Waals surface area contributed by atoms with Crippen LogP contribution in [0, 0.1) is 10.1 Å². The van der Waals surface area contributed by atoms with E-state index in [4.69, 9.17) is 9.47 Å². The van der Waals surface area contributed by atoms with Gasteiger partial charge in [-0.1, -0.05) is 42.5 Å². The third-order valence-corrected chi connectivity index (χ3v) is 4.94. The summed E-state index contributed by atoms with van der Waals surface area (Å²) in [6.45, 7) is 4.50. The van der Waals surface area contributed by atoms with Crippen molar-refractivity contribution in [1.29, 1.82) is 0 Å². The second kappa shape index (κ2) is 7.87. The number of amides is 1. The summed E-state index contributed by atoms with van der Waals surface area (Å²) in [6, 6.07) is 15.1. The van der Waals surface area contributed by atoms with Crippen molar-refractivity contribution >= 4 is 17.6 Å². The number of ether oxygens (including phenoxy) is 2. The largest absolute Gasteiger partial charge is 0.443 e. The Morgan fingerprint density at radius 3 is 2.30 bits per heavy atom. The molecule has 158 valence electrons. The van der Waals surface area contributed by atoms with Gasteiger partial charge in [0.2, 0.25) is 18.1 Å². The first kappa shape index (κ1) is 21.4. The highest BCUT2D eigenvalue weighted by Crippen LogP contribution is 2.47. The van der Waals surface area contributed by atoms with Crippen LogP contribution < -0.4 is 4.90 Å². The summed E-state index contributed by atoms with van der Waals surface area (Å²) >= 11 is 0. The molecular formula is C22H24N2O6. The van der Waals surface area contributed by atoms with Crippen molar-refractivity contribution in [3.8, 4) is 0 Å². The molecule has 1 heterocycles. The third kappa shape index (κ3) is 3.66. The summed E-state index contributed by atoms with van der Waals surface area (Å²) in [5.74, 6) is -1.59. The van der Waals surface area contributed by atoms with Crippen LogP contribution in [0.15, 0.2) is 54.6 Å². The second-order valence-electron chi connectivity index (χ2n) is 8.04. The Labute approximate surface area is 174 Å². The maximum Gasteiger partial charge on any atom is 0.417 e. The summed E-state index contributed by atoms with van der Waals surface area (Å²) in [5.41, 5.74) is -1.76. The minimum absolute atomic E-state index is 0.245. The molecule has 1 aliphatic heterocycles. The summed E-state index contributed by atoms with van der Waals surface area (Å²) in [4.78, 5) is 39.1. The van der Waals surface area contributed by atoms with Crippen molar-refractivity contribution in [2.75, 3.05) is 18.6 Å². The van der Waals surface area contributed by atoms with Gasteiger partial charge in [-0.2, -0.15) is 0 Å². The Morgan fingerprint density at radius 1 is 1.13 bits per heavy atom. The Bertz CT molecular complexity index is 969. The van der Waals surface area contributed by atoms with Crippen molar-refractivity contribution in [3.63, 3.8) is 0 Å². The number of anilines is 1. The standard InChI is InChI=1S/C22H24N2O6/c1-21(2,3)30-20(26)24-18-13-9-8-12-16(18)19(25)22(24,29-4)17(14-23(27)28)15-10-6-5-7-11-15/h5-13,17H,14H2,1-4H3/t17-,22-/m1/s1. The second-order valence-corrected chi connectivity index (χ2v) is 8.04. The molecule has 0 N–H and O–H groups in total. The zero-order valence-electron chi connectivity index (χ0n) is 17.3. The van der Waals surface area contributed by atoms with E-state index in [1.54, 1.807) is 75.4 Å². The molecule has 0 spiro atoms. The number of rotatable bonds is 5. The fourth-order valence-corrected chi connectivity index (χ4v) is 3.81. The third-order valence-electron chi connectivity index (χ3n) is 4.94. The number of methoxy groups -OCH3 is 1. The monoisotopic (exact) mass is 412 g/mol. The van der Waals surface area contributed by atoms with Crippen LogP contribution in [0.4, 0.5) is 10.5 Å². The predicted molar refractivity (Wildman–Crippen MR) is 110 cm³/mol. The molecule has 2 aromatic rings. The summed E-state index contributed by atoms with van der Waals surface area (Å²) < 4.78 is 11.3. The number of fused-ring (bicyclic) bond motifs is 1. The van der Waals surface area contributed by atoms with E-state index in [2.05, 4.69) is 0 Å². The number of benzene rings is 2. The Hall–Kier alpha value is -3.26. The van der Waals surface area contributed by atoms with Crippen molar-refractivity contribution in [2.45, 2.75) is 38.0 Å². The van der Waals surface area contributed by atoms with Gasteiger partial charge in [-0.05, 0) is 38.5 Å². The van der Waals surface area contributed by atoms with Crippen LogP contribution in [-0.2, 0) is 9.47 Å². The van der Waals surface area contributed by atoms with E-state index >= 15 is 0 Å². The van der Waals surface area contributed by atoms with Gasteiger partial charge in [0.1, 0.15) is 11.5 Å². The number of nitro groups is 1. The topological polar surface area (TPSA) is 99.0 Å². The number of carbonyl (C=O) groups excluding carboxylic acids is 2. The number of hydrogen-bond donors (Lipinski definition) is 0. The number of hydrogen-bond acceptors (Lipinski definition) is 6. The number of carbonyl (C=O) groups is 2. The summed E-state index contributed by atoms with van der Waals surface area (Å²) in [5, 5.41) is 11.6. The van der Waals surface area contributed by atoms with Crippen molar-refractivity contribution < 1.29 is 24.0 Å². The highest BCUT2D eigenvalue weighted by atomic mass is 16.6. The number of nitrogens with zero attached hydrogens (tertiary/aromatic N) is 2. The first-order chi connectivity index (χ1) is 14.1. The van der Waals surface area contributed by atoms with Gasteiger partial charge in [0.15, 0.2) is 0 Å². The van der Waals surface area contributed by atoms with Gasteiger partial charge in [-0.25, -0.2) is 9.69 Å². The maximum atomic E-state index is 13.6. The lowest BCUT2D eigenvalue weighted by molar-refractivity contribution is -0.486. The lowest BCUT2D eigenvalue weighted by Gasteiger charge is -2.40. The van der Waals surface area contributed by atoms with Crippen molar-refractivity contribution in [3.05, 3.63) is 75.8 Å². The molecule has 1 amide bonds. The van der Waals surface area contributed by atoms with Crippen LogP contribution in [0.25, 0.3) is 0 Å². The van der Waals surface area contributed by atoms with Gasteiger partial charge in [0.25, 0.3) is 0 Å². The van der Waals surface area contributed by atoms with Crippen molar-refractivity contribution in [1.82, 2.24) is 0 Å². The van der Waals surface area contributed by atoms with Gasteiger partial charge in [-0.15, -0.1) is 0 Å². The normalized spacial score (nSPS) is 19.3. The molecule has 0 saturated carbocycles. The predicted octanol–water partition coefficient (Wildman–Crippen LogP) is 4.03. The molecule has 0 fully saturated rings. The number of Topliss-reactive ketones (excluding diaryl/α,β-unsaturated/α-hetero) is 1. The average molecular weight is 412 g/mol. The van der Waals surface area contributed by atoms with E-state index < -0.39 is 40.6 Å². The molecule has 0 unspecified atom stereocenters. The number of para-hydroxylation sites is 1. The molecule has 0 radical (unpaired) electrons. The molecule has 0 saturated heterocycles. The van der Waals surface area contributed by atoms with Gasteiger partial charge in [-0.3, -0.25) is 14.9 Å². The summed E-state index contributed by atoms with van der Waals surface area (Å²) in [7, 11) is 1.27. The molecule has 8 nitrogen and oxygen atoms in total. The quantitative estimate of drug-likeness (QED) is 0.543. The zero-order valence-corrected chi connectivity index (χ0v) is 17.3. The fourth-order valence-electron chi connectivity index (χ4n) is 3.81. The van der Waals surface area contributed by atoms with E-state index in [1.807, 2.05) is 0 Å². The lowest BCUT2D eigenvalue weighted by atomic mass is 9.84. The van der Waals surface area contributed by atoms with Crippen LogP contribution in [0.1, 0.15) is 42.6 Å². The molecule has 0 bridgehead atoms. The van der Waals surface area contributed by atoms with Gasteiger partial charge < -0.3 is 9.47 Å². The van der Waals surface area contributed by atoms with E-state index in [-0.39, 0.29) is 5.56 Å². The highest BCUT2D eigenvalue weighted by molar-refractivity contribution is 6.19. The Kier molecular flexibility index (Phi) is 5.63. The first-order valence-electron chi connectivity index (χ1n) is 9.50. The first-order valence-corrected chi connectivity index (χ1v) is 9.50. The molecule has 2 atom stereocenters. The van der Waals surface area contributed by atoms with E-state index in [9.17, 15) is 19.7 Å². The molecule has 8 heteroatoms. The van der Waals surface area contributed by atoms with Crippen LogP contribution >= 0.6 is 0 Å². The number of ketones is 1. The minimum atomic E-state index is -1.96. The summed E-state index contributed by atoms with van der Waals surface area (Å²) in [6.07, 6.45) is -0.813. The molecule has 30 heavy (non-hydrogen) atoms. The molecule has 3 rings (SSSR count). The molecule has 0 aliphatic carbocycles. The highest BCUT2D eigenvalue weighted by Gasteiger charge is 2.62. The van der Waals surface area contributed by atoms with Crippen LogP contribution in [0.3, 0.4) is 0 Å². The van der Waals surface area contributed by atoms with Crippen molar-refractivity contribution in [2.24, 2.45) is 0 Å². The SMILES string of the molecule is CO[C@]1([C@H](C[N+](=O)[O-])c2ccccc2)C(=O)c2ccccc2N1C(=O)OC(C)(C)C. The molecule has 2 aromatic carbocycles. The zero-order chi connectivity index (χ0) is 22.1. The Morgan fingerprint density at radius 2 is 1.73 bits per heavy atom. The van der Waals surface area contributed by atoms with Gasteiger partial charge >= 0.3 is 6.09 Å². The van der Waals surface area contributed by atoms with E-state index in [1.165, 1.54) is 7.11 Å².